The van der Waals surface area contributed by atoms with Crippen molar-refractivity contribution in [3.05, 3.63) is 36.0 Å². The molecule has 1 aromatic heterocycles. The van der Waals surface area contributed by atoms with Crippen LogP contribution in [0.2, 0.25) is 0 Å². The number of benzene rings is 1. The van der Waals surface area contributed by atoms with Crippen LogP contribution in [-0.4, -0.2) is 29.9 Å². The Morgan fingerprint density at radius 3 is 2.69 bits per heavy atom. The molecule has 2 N–H and O–H groups in total. The summed E-state index contributed by atoms with van der Waals surface area (Å²) in [6.07, 6.45) is 0. The quantitative estimate of drug-likeness (QED) is 0.784. The zero-order chi connectivity index (χ0) is 11.7. The van der Waals surface area contributed by atoms with Gasteiger partial charge in [-0.15, -0.1) is 0 Å². The van der Waals surface area contributed by atoms with Crippen molar-refractivity contribution in [1.29, 1.82) is 0 Å². The van der Waals surface area contributed by atoms with Crippen LogP contribution in [-0.2, 0) is 0 Å². The number of fused-ring (bicyclic) bond motifs is 1. The first kappa shape index (κ1) is 10.4. The number of hydrogen-bond acceptors (Lipinski definition) is 3. The van der Waals surface area contributed by atoms with E-state index in [4.69, 9.17) is 5.73 Å². The van der Waals surface area contributed by atoms with Gasteiger partial charge in [0.25, 0.3) is 5.91 Å². The van der Waals surface area contributed by atoms with Crippen molar-refractivity contribution in [3.63, 3.8) is 0 Å². The van der Waals surface area contributed by atoms with Crippen LogP contribution in [0.15, 0.2) is 30.3 Å². The number of hydrogen-bond donors (Lipinski definition) is 1. The first-order valence-electron chi connectivity index (χ1n) is 4.96. The van der Waals surface area contributed by atoms with Crippen LogP contribution in [0.3, 0.4) is 0 Å². The molecule has 0 unspecified atom stereocenters. The van der Waals surface area contributed by atoms with Crippen LogP contribution in [0.5, 0.6) is 0 Å². The highest BCUT2D eigenvalue weighted by atomic mass is 16.2. The van der Waals surface area contributed by atoms with E-state index in [0.717, 1.165) is 10.8 Å². The molecule has 0 aliphatic heterocycles. The van der Waals surface area contributed by atoms with Gasteiger partial charge in [0.1, 0.15) is 11.5 Å². The molecule has 2 rings (SSSR count). The van der Waals surface area contributed by atoms with Gasteiger partial charge in [-0.05, 0) is 11.5 Å². The highest BCUT2D eigenvalue weighted by Crippen LogP contribution is 2.20. The van der Waals surface area contributed by atoms with Crippen LogP contribution in [0.4, 0.5) is 5.82 Å². The third kappa shape index (κ3) is 1.69. The molecule has 4 heteroatoms. The number of pyridine rings is 1. The molecule has 0 bridgehead atoms. The predicted molar refractivity (Wildman–Crippen MR) is 64.2 cm³/mol. The smallest absolute Gasteiger partial charge is 0.272 e. The van der Waals surface area contributed by atoms with Gasteiger partial charge in [-0.25, -0.2) is 4.98 Å². The number of rotatable bonds is 1. The highest BCUT2D eigenvalue weighted by Gasteiger charge is 2.11. The second-order valence-electron chi connectivity index (χ2n) is 3.81. The van der Waals surface area contributed by atoms with Gasteiger partial charge in [0, 0.05) is 19.5 Å². The molecule has 0 radical (unpaired) electrons. The number of nitrogens with zero attached hydrogens (tertiary/aromatic N) is 2. The van der Waals surface area contributed by atoms with Gasteiger partial charge in [0.05, 0.1) is 0 Å². The lowest BCUT2D eigenvalue weighted by molar-refractivity contribution is 0.0822. The summed E-state index contributed by atoms with van der Waals surface area (Å²) < 4.78 is 0. The van der Waals surface area contributed by atoms with Gasteiger partial charge in [-0.2, -0.15) is 0 Å². The van der Waals surface area contributed by atoms with Crippen molar-refractivity contribution in [2.75, 3.05) is 19.8 Å². The number of aromatic nitrogens is 1. The zero-order valence-corrected chi connectivity index (χ0v) is 9.27. The largest absolute Gasteiger partial charge is 0.383 e. The lowest BCUT2D eigenvalue weighted by atomic mass is 10.1. The lowest BCUT2D eigenvalue weighted by Crippen LogP contribution is -2.23. The first-order chi connectivity index (χ1) is 7.59. The fraction of sp³-hybridized carbons (Fsp3) is 0.167. The number of nitrogens with two attached hydrogens (primary N) is 1. The van der Waals surface area contributed by atoms with E-state index < -0.39 is 0 Å². The van der Waals surface area contributed by atoms with E-state index in [9.17, 15) is 4.79 Å². The monoisotopic (exact) mass is 215 g/mol. The third-order valence-electron chi connectivity index (χ3n) is 2.40. The average molecular weight is 215 g/mol. The molecule has 82 valence electrons. The Labute approximate surface area is 93.7 Å². The minimum atomic E-state index is -0.141. The molecular weight excluding hydrogens is 202 g/mol. The molecule has 0 atom stereocenters. The molecular formula is C12H13N3O. The lowest BCUT2D eigenvalue weighted by Gasteiger charge is -2.11. The average Bonchev–Trinajstić information content (AvgIpc) is 2.28. The second-order valence-corrected chi connectivity index (χ2v) is 3.81. The van der Waals surface area contributed by atoms with Gasteiger partial charge < -0.3 is 10.6 Å². The van der Waals surface area contributed by atoms with E-state index in [1.807, 2.05) is 24.3 Å². The summed E-state index contributed by atoms with van der Waals surface area (Å²) in [5.41, 5.74) is 6.19. The van der Waals surface area contributed by atoms with E-state index in [0.29, 0.717) is 11.5 Å². The predicted octanol–water partition coefficient (Wildman–Crippen LogP) is 1.52. The molecule has 0 fully saturated rings. The highest BCUT2D eigenvalue weighted by molar-refractivity contribution is 5.99. The molecule has 4 nitrogen and oxygen atoms in total. The molecule has 0 aliphatic carbocycles. The van der Waals surface area contributed by atoms with Crippen molar-refractivity contribution in [1.82, 2.24) is 9.88 Å². The number of amides is 1. The van der Waals surface area contributed by atoms with Gasteiger partial charge >= 0.3 is 0 Å². The number of carbonyl (C=O) groups is 1. The number of carbonyl (C=O) groups excluding carboxylic acids is 1. The van der Waals surface area contributed by atoms with E-state index in [1.54, 1.807) is 20.2 Å². The maximum atomic E-state index is 11.7. The molecule has 1 aromatic carbocycles. The SMILES string of the molecule is CN(C)C(=O)c1cc2ccccc2c(N)n1. The molecule has 0 spiro atoms. The molecule has 0 saturated carbocycles. The first-order valence-corrected chi connectivity index (χ1v) is 4.96. The normalized spacial score (nSPS) is 10.4. The summed E-state index contributed by atoms with van der Waals surface area (Å²) in [6.45, 7) is 0. The Hall–Kier alpha value is -2.10. The summed E-state index contributed by atoms with van der Waals surface area (Å²) in [5, 5.41) is 1.80. The van der Waals surface area contributed by atoms with Crippen LogP contribution >= 0.6 is 0 Å². The van der Waals surface area contributed by atoms with E-state index in [-0.39, 0.29) is 5.91 Å². The van der Waals surface area contributed by atoms with Crippen LogP contribution < -0.4 is 5.73 Å². The number of anilines is 1. The Balaban J connectivity index is 2.62. The van der Waals surface area contributed by atoms with Gasteiger partial charge in [0.2, 0.25) is 0 Å². The van der Waals surface area contributed by atoms with Crippen LogP contribution in [0.25, 0.3) is 10.8 Å². The molecule has 1 amide bonds. The fourth-order valence-corrected chi connectivity index (χ4v) is 1.56. The summed E-state index contributed by atoms with van der Waals surface area (Å²) in [7, 11) is 3.38. The molecule has 0 saturated heterocycles. The molecule has 2 aromatic rings. The zero-order valence-electron chi connectivity index (χ0n) is 9.27. The summed E-state index contributed by atoms with van der Waals surface area (Å²) in [4.78, 5) is 17.3. The Bertz CT molecular complexity index is 549. The van der Waals surface area contributed by atoms with Crippen LogP contribution in [0, 0.1) is 0 Å². The number of nitrogen functional groups attached to an aromatic ring is 1. The maximum Gasteiger partial charge on any atom is 0.272 e. The fourth-order valence-electron chi connectivity index (χ4n) is 1.56. The minimum absolute atomic E-state index is 0.141. The van der Waals surface area contributed by atoms with Crippen LogP contribution in [0.1, 0.15) is 10.5 Å². The minimum Gasteiger partial charge on any atom is -0.383 e. The summed E-state index contributed by atoms with van der Waals surface area (Å²) in [6, 6.07) is 9.37. The van der Waals surface area contributed by atoms with Crippen molar-refractivity contribution in [3.8, 4) is 0 Å². The standard InChI is InChI=1S/C12H13N3O/c1-15(2)12(16)10-7-8-5-3-4-6-9(8)11(13)14-10/h3-7H,1-2H3,(H2,13,14). The van der Waals surface area contributed by atoms with Gasteiger partial charge in [-0.1, -0.05) is 24.3 Å². The van der Waals surface area contributed by atoms with Gasteiger partial charge in [-0.3, -0.25) is 4.79 Å². The topological polar surface area (TPSA) is 59.2 Å². The van der Waals surface area contributed by atoms with E-state index in [2.05, 4.69) is 4.98 Å². The molecule has 16 heavy (non-hydrogen) atoms. The van der Waals surface area contributed by atoms with Gasteiger partial charge in [0.15, 0.2) is 0 Å². The van der Waals surface area contributed by atoms with E-state index >= 15 is 0 Å². The van der Waals surface area contributed by atoms with E-state index in [1.165, 1.54) is 4.90 Å². The molecule has 1 heterocycles. The van der Waals surface area contributed by atoms with Crippen molar-refractivity contribution in [2.45, 2.75) is 0 Å². The van der Waals surface area contributed by atoms with Crippen molar-refractivity contribution < 1.29 is 4.79 Å². The summed E-state index contributed by atoms with van der Waals surface area (Å²) in [5.74, 6) is 0.251. The maximum absolute atomic E-state index is 11.7. The van der Waals surface area contributed by atoms with Crippen molar-refractivity contribution >= 4 is 22.5 Å². The Morgan fingerprint density at radius 1 is 1.31 bits per heavy atom. The third-order valence-corrected chi connectivity index (χ3v) is 2.40. The summed E-state index contributed by atoms with van der Waals surface area (Å²) >= 11 is 0. The Kier molecular flexibility index (Phi) is 2.48. The molecule has 0 aliphatic rings. The van der Waals surface area contributed by atoms with Crippen molar-refractivity contribution in [2.24, 2.45) is 0 Å². The second kappa shape index (κ2) is 3.81. The Morgan fingerprint density at radius 2 is 2.00 bits per heavy atom.